The molecule has 1 saturated carbocycles. The largest absolute Gasteiger partial charge is 0.389 e. The molecule has 2 rings (SSSR count). The predicted octanol–water partition coefficient (Wildman–Crippen LogP) is -2.78. The molecule has 2 fully saturated rings. The second kappa shape index (κ2) is 8.35. The summed E-state index contributed by atoms with van der Waals surface area (Å²) in [7, 11) is 3.14. The molecule has 9 N–H and O–H groups in total. The van der Waals surface area contributed by atoms with Gasteiger partial charge in [0.2, 0.25) is 0 Å². The third-order valence-electron chi connectivity index (χ3n) is 5.10. The Kier molecular flexibility index (Phi) is 6.94. The van der Waals surface area contributed by atoms with E-state index < -0.39 is 42.8 Å². The van der Waals surface area contributed by atoms with Crippen LogP contribution in [0.25, 0.3) is 0 Å². The zero-order chi connectivity index (χ0) is 18.0. The van der Waals surface area contributed by atoms with E-state index in [0.29, 0.717) is 6.42 Å². The molecule has 9 heteroatoms. The highest BCUT2D eigenvalue weighted by atomic mass is 16.7. The van der Waals surface area contributed by atoms with Crippen molar-refractivity contribution in [3.05, 3.63) is 0 Å². The number of nitrogens with one attached hydrogen (secondary N) is 1. The van der Waals surface area contributed by atoms with Crippen LogP contribution in [0.3, 0.4) is 0 Å². The lowest BCUT2D eigenvalue weighted by atomic mass is 9.81. The Bertz CT molecular complexity index is 402. The van der Waals surface area contributed by atoms with E-state index in [-0.39, 0.29) is 18.2 Å². The second-order valence-corrected chi connectivity index (χ2v) is 6.82. The number of aliphatic hydroxyl groups excluding tert-OH is 2. The zero-order valence-corrected chi connectivity index (χ0v) is 14.5. The van der Waals surface area contributed by atoms with Crippen molar-refractivity contribution in [3.8, 4) is 0 Å². The van der Waals surface area contributed by atoms with Crippen molar-refractivity contribution in [1.29, 1.82) is 0 Å². The minimum absolute atomic E-state index is 0.151. The van der Waals surface area contributed by atoms with Crippen LogP contribution < -0.4 is 22.5 Å². The molecular formula is C15H32N4O5. The molecule has 1 aliphatic carbocycles. The normalized spacial score (nSPS) is 48.2. The van der Waals surface area contributed by atoms with Crippen molar-refractivity contribution in [1.82, 2.24) is 5.32 Å². The maximum Gasteiger partial charge on any atom is 0.173 e. The van der Waals surface area contributed by atoms with Gasteiger partial charge in [0.25, 0.3) is 0 Å². The molecule has 0 bridgehead atoms. The molecule has 9 nitrogen and oxygen atoms in total. The number of likely N-dealkylation sites (N-methyl/N-ethyl adjacent to an activating group) is 1. The molecule has 142 valence electrons. The van der Waals surface area contributed by atoms with Gasteiger partial charge in [0.05, 0.1) is 36.4 Å². The van der Waals surface area contributed by atoms with Gasteiger partial charge in [0.1, 0.15) is 12.2 Å². The Morgan fingerprint density at radius 3 is 2.38 bits per heavy atom. The minimum Gasteiger partial charge on any atom is -0.389 e. The van der Waals surface area contributed by atoms with Gasteiger partial charge in [-0.1, -0.05) is 0 Å². The average Bonchev–Trinajstić information content (AvgIpc) is 2.55. The van der Waals surface area contributed by atoms with Crippen LogP contribution in [0.2, 0.25) is 0 Å². The summed E-state index contributed by atoms with van der Waals surface area (Å²) >= 11 is 0. The van der Waals surface area contributed by atoms with Crippen LogP contribution >= 0.6 is 0 Å². The molecule has 0 spiro atoms. The monoisotopic (exact) mass is 348 g/mol. The van der Waals surface area contributed by atoms with Gasteiger partial charge in [0.15, 0.2) is 6.29 Å². The molecule has 1 heterocycles. The number of hydrogen-bond donors (Lipinski definition) is 6. The van der Waals surface area contributed by atoms with Crippen molar-refractivity contribution >= 4 is 0 Å². The fourth-order valence-electron chi connectivity index (χ4n) is 3.55. The zero-order valence-electron chi connectivity index (χ0n) is 14.5. The van der Waals surface area contributed by atoms with E-state index in [2.05, 4.69) is 5.32 Å². The van der Waals surface area contributed by atoms with E-state index in [1.54, 1.807) is 7.05 Å². The summed E-state index contributed by atoms with van der Waals surface area (Å²) in [5, 5.41) is 24.0. The fraction of sp³-hybridized carbons (Fsp3) is 1.00. The van der Waals surface area contributed by atoms with Crippen LogP contribution in [-0.4, -0.2) is 85.3 Å². The second-order valence-electron chi connectivity index (χ2n) is 6.82. The fourth-order valence-corrected chi connectivity index (χ4v) is 3.55. The third-order valence-corrected chi connectivity index (χ3v) is 5.10. The quantitative estimate of drug-likeness (QED) is 0.309. The van der Waals surface area contributed by atoms with Crippen molar-refractivity contribution in [2.75, 3.05) is 14.2 Å². The van der Waals surface area contributed by atoms with E-state index in [1.165, 1.54) is 7.11 Å². The molecular weight excluding hydrogens is 316 g/mol. The number of aliphatic hydroxyl groups is 2. The highest BCUT2D eigenvalue weighted by molar-refractivity contribution is 5.05. The Morgan fingerprint density at radius 1 is 1.17 bits per heavy atom. The van der Waals surface area contributed by atoms with Gasteiger partial charge in [-0.05, 0) is 26.8 Å². The molecule has 0 aromatic heterocycles. The van der Waals surface area contributed by atoms with Crippen molar-refractivity contribution < 1.29 is 24.4 Å². The molecule has 0 aromatic carbocycles. The summed E-state index contributed by atoms with van der Waals surface area (Å²) in [6.45, 7) is 1.86. The van der Waals surface area contributed by atoms with Crippen molar-refractivity contribution in [3.63, 3.8) is 0 Å². The summed E-state index contributed by atoms with van der Waals surface area (Å²) < 4.78 is 17.0. The van der Waals surface area contributed by atoms with Crippen molar-refractivity contribution in [2.24, 2.45) is 17.2 Å². The number of hydrogen-bond acceptors (Lipinski definition) is 9. The van der Waals surface area contributed by atoms with Crippen LogP contribution in [0.5, 0.6) is 0 Å². The molecule has 0 amide bonds. The molecule has 10 atom stereocenters. The van der Waals surface area contributed by atoms with Crippen LogP contribution in [0.1, 0.15) is 19.8 Å². The minimum atomic E-state index is -0.995. The first-order valence-electron chi connectivity index (χ1n) is 8.45. The smallest absolute Gasteiger partial charge is 0.173 e. The average molecular weight is 348 g/mol. The molecule has 0 radical (unpaired) electrons. The van der Waals surface area contributed by atoms with Gasteiger partial charge >= 0.3 is 0 Å². The highest BCUT2D eigenvalue weighted by Gasteiger charge is 2.50. The number of ether oxygens (including phenoxy) is 3. The molecule has 0 unspecified atom stereocenters. The summed E-state index contributed by atoms with van der Waals surface area (Å²) in [6.07, 6.45) is -2.90. The standard InChI is InChI=1S/C15H32N4O5/c1-6(16)8-5-4-7(17)15(23-8)24-13-9(18)11(20)14(22-3)10(19-2)12(13)21/h6-15,19-21H,4-5,16-18H2,1-3H3/t6-,7-,8+,9+,10+,11+,12-,13-,14-,15-/m1/s1. The van der Waals surface area contributed by atoms with Gasteiger partial charge in [-0.25, -0.2) is 0 Å². The van der Waals surface area contributed by atoms with E-state index >= 15 is 0 Å². The Labute approximate surface area is 142 Å². The van der Waals surface area contributed by atoms with E-state index in [1.807, 2.05) is 6.92 Å². The lowest BCUT2D eigenvalue weighted by molar-refractivity contribution is -0.262. The molecule has 1 aliphatic heterocycles. The van der Waals surface area contributed by atoms with Crippen LogP contribution in [-0.2, 0) is 14.2 Å². The summed E-state index contributed by atoms with van der Waals surface area (Å²) in [4.78, 5) is 0. The molecule has 24 heavy (non-hydrogen) atoms. The highest BCUT2D eigenvalue weighted by Crippen LogP contribution is 2.28. The van der Waals surface area contributed by atoms with Gasteiger partial charge in [-0.3, -0.25) is 0 Å². The number of rotatable bonds is 5. The Morgan fingerprint density at radius 2 is 1.83 bits per heavy atom. The van der Waals surface area contributed by atoms with Gasteiger partial charge < -0.3 is 46.9 Å². The third kappa shape index (κ3) is 3.90. The molecule has 2 aliphatic rings. The Balaban J connectivity index is 2.11. The number of methoxy groups -OCH3 is 1. The van der Waals surface area contributed by atoms with Gasteiger partial charge in [0, 0.05) is 13.2 Å². The number of nitrogens with two attached hydrogens (primary N) is 3. The van der Waals surface area contributed by atoms with Gasteiger partial charge in [-0.15, -0.1) is 0 Å². The maximum atomic E-state index is 10.6. The van der Waals surface area contributed by atoms with E-state index in [4.69, 9.17) is 31.4 Å². The topological polar surface area (TPSA) is 158 Å². The maximum absolute atomic E-state index is 10.6. The van der Waals surface area contributed by atoms with Crippen LogP contribution in [0, 0.1) is 0 Å². The molecule has 0 aromatic rings. The van der Waals surface area contributed by atoms with Crippen LogP contribution in [0.4, 0.5) is 0 Å². The lowest BCUT2D eigenvalue weighted by Crippen LogP contribution is -2.71. The first-order chi connectivity index (χ1) is 11.3. The lowest BCUT2D eigenvalue weighted by Gasteiger charge is -2.47. The summed E-state index contributed by atoms with van der Waals surface area (Å²) in [6, 6.07) is -1.85. The van der Waals surface area contributed by atoms with Crippen molar-refractivity contribution in [2.45, 2.75) is 80.7 Å². The summed E-state index contributed by atoms with van der Waals surface area (Å²) in [5.74, 6) is 0. The van der Waals surface area contributed by atoms with E-state index in [0.717, 1.165) is 6.42 Å². The van der Waals surface area contributed by atoms with Crippen LogP contribution in [0.15, 0.2) is 0 Å². The summed E-state index contributed by atoms with van der Waals surface area (Å²) in [5.41, 5.74) is 18.1. The first kappa shape index (κ1) is 20.0. The predicted molar refractivity (Wildman–Crippen MR) is 88.0 cm³/mol. The van der Waals surface area contributed by atoms with E-state index in [9.17, 15) is 10.2 Å². The van der Waals surface area contributed by atoms with Gasteiger partial charge in [-0.2, -0.15) is 0 Å². The first-order valence-corrected chi connectivity index (χ1v) is 8.45. The SMILES string of the molecule is CN[C@H]1[C@@H](O)[C@H](O[C@H]2O[C@H]([C@@H](C)N)CC[C@H]2N)[C@@H](N)[C@H](O)[C@@H]1OC. The Hall–Kier alpha value is -0.360. The molecule has 1 saturated heterocycles.